The van der Waals surface area contributed by atoms with Crippen molar-refractivity contribution in [3.8, 4) is 17.5 Å². The molecule has 0 atom stereocenters. The second-order valence-corrected chi connectivity index (χ2v) is 4.67. The summed E-state index contributed by atoms with van der Waals surface area (Å²) in [6.45, 7) is 0. The molecule has 0 unspecified atom stereocenters. The van der Waals surface area contributed by atoms with Gasteiger partial charge in [-0.05, 0) is 24.3 Å². The zero-order valence-corrected chi connectivity index (χ0v) is 11.4. The number of aromatic amines is 1. The maximum Gasteiger partial charge on any atom is 0.329 e. The number of hydrogen-bond donors (Lipinski definition) is 1. The summed E-state index contributed by atoms with van der Waals surface area (Å²) in [4.78, 5) is 30.2. The van der Waals surface area contributed by atoms with Crippen LogP contribution in [0.25, 0.3) is 22.6 Å². The van der Waals surface area contributed by atoms with Crippen LogP contribution in [0.4, 0.5) is 0 Å². The molecule has 0 spiro atoms. The number of hydrogen-bond acceptors (Lipinski definition) is 4. The van der Waals surface area contributed by atoms with Crippen molar-refractivity contribution in [2.75, 3.05) is 0 Å². The molecule has 2 heterocycles. The second kappa shape index (κ2) is 4.45. The van der Waals surface area contributed by atoms with Gasteiger partial charge in [-0.3, -0.25) is 14.3 Å². The van der Waals surface area contributed by atoms with Crippen molar-refractivity contribution in [2.24, 2.45) is 14.1 Å². The van der Waals surface area contributed by atoms with E-state index in [-0.39, 0.29) is 0 Å². The van der Waals surface area contributed by atoms with Gasteiger partial charge in [0.15, 0.2) is 11.2 Å². The molecule has 104 valence electrons. The first-order valence-corrected chi connectivity index (χ1v) is 6.19. The van der Waals surface area contributed by atoms with E-state index in [2.05, 4.69) is 9.97 Å². The molecule has 1 aromatic carbocycles. The lowest BCUT2D eigenvalue weighted by atomic mass is 10.1. The van der Waals surface area contributed by atoms with Crippen molar-refractivity contribution in [2.45, 2.75) is 0 Å². The van der Waals surface area contributed by atoms with Crippen LogP contribution in [0.15, 0.2) is 33.9 Å². The molecule has 0 radical (unpaired) electrons. The van der Waals surface area contributed by atoms with E-state index in [0.717, 1.165) is 5.56 Å². The molecular weight excluding hydrogens is 270 g/mol. The lowest BCUT2D eigenvalue weighted by Crippen LogP contribution is -2.29. The van der Waals surface area contributed by atoms with Crippen molar-refractivity contribution in [1.82, 2.24) is 19.1 Å². The van der Waals surface area contributed by atoms with Crippen LogP contribution in [0.5, 0.6) is 0 Å². The summed E-state index contributed by atoms with van der Waals surface area (Å²) in [6.07, 6.45) is 0. The highest BCUT2D eigenvalue weighted by atomic mass is 16.2. The summed E-state index contributed by atoms with van der Waals surface area (Å²) in [7, 11) is 3.26. The molecule has 0 aliphatic carbocycles. The molecule has 0 aliphatic heterocycles. The molecule has 3 aromatic rings. The third kappa shape index (κ3) is 1.85. The number of nitrogens with one attached hydrogen (secondary N) is 1. The van der Waals surface area contributed by atoms with Gasteiger partial charge in [0.25, 0.3) is 5.56 Å². The van der Waals surface area contributed by atoms with Gasteiger partial charge in [0.2, 0.25) is 0 Å². The molecule has 0 aliphatic rings. The van der Waals surface area contributed by atoms with Crippen LogP contribution in [0.3, 0.4) is 0 Å². The Morgan fingerprint density at radius 3 is 2.43 bits per heavy atom. The fraction of sp³-hybridized carbons (Fsp3) is 0.143. The fourth-order valence-corrected chi connectivity index (χ4v) is 2.26. The zero-order valence-electron chi connectivity index (χ0n) is 11.4. The van der Waals surface area contributed by atoms with Crippen molar-refractivity contribution >= 4 is 11.2 Å². The molecule has 0 bridgehead atoms. The number of nitriles is 1. The minimum atomic E-state index is -0.503. The number of H-pyrrole nitrogens is 1. The van der Waals surface area contributed by atoms with Gasteiger partial charge in [-0.2, -0.15) is 5.26 Å². The summed E-state index contributed by atoms with van der Waals surface area (Å²) in [5, 5.41) is 8.82. The monoisotopic (exact) mass is 281 g/mol. The number of benzene rings is 1. The highest BCUT2D eigenvalue weighted by Gasteiger charge is 2.15. The van der Waals surface area contributed by atoms with Crippen molar-refractivity contribution in [1.29, 1.82) is 5.26 Å². The lowest BCUT2D eigenvalue weighted by molar-refractivity contribution is 0.829. The number of imidazole rings is 1. The minimum Gasteiger partial charge on any atom is -0.321 e. The van der Waals surface area contributed by atoms with Gasteiger partial charge in [-0.25, -0.2) is 9.78 Å². The Balaban J connectivity index is 2.34. The maximum absolute atomic E-state index is 11.9. The molecule has 7 nitrogen and oxygen atoms in total. The Kier molecular flexibility index (Phi) is 2.73. The van der Waals surface area contributed by atoms with Crippen LogP contribution in [0, 0.1) is 11.3 Å². The van der Waals surface area contributed by atoms with Gasteiger partial charge in [-0.15, -0.1) is 0 Å². The average Bonchev–Trinajstić information content (AvgIpc) is 2.83. The van der Waals surface area contributed by atoms with Crippen LogP contribution in [-0.2, 0) is 14.1 Å². The molecular formula is C14H11N5O2. The molecule has 0 amide bonds. The van der Waals surface area contributed by atoms with E-state index in [9.17, 15) is 9.59 Å². The van der Waals surface area contributed by atoms with Gasteiger partial charge in [0.05, 0.1) is 11.6 Å². The van der Waals surface area contributed by atoms with E-state index in [0.29, 0.717) is 22.6 Å². The van der Waals surface area contributed by atoms with Crippen LogP contribution in [-0.4, -0.2) is 19.1 Å². The van der Waals surface area contributed by atoms with E-state index in [1.165, 1.54) is 4.57 Å². The first-order valence-electron chi connectivity index (χ1n) is 6.19. The van der Waals surface area contributed by atoms with Gasteiger partial charge in [0, 0.05) is 19.7 Å². The van der Waals surface area contributed by atoms with Gasteiger partial charge < -0.3 is 4.57 Å². The molecule has 1 N–H and O–H groups in total. The van der Waals surface area contributed by atoms with Gasteiger partial charge in [0.1, 0.15) is 5.82 Å². The normalized spacial score (nSPS) is 10.7. The predicted octanol–water partition coefficient (Wildman–Crippen LogP) is 0.499. The van der Waals surface area contributed by atoms with E-state index < -0.39 is 11.2 Å². The first-order chi connectivity index (χ1) is 10.0. The van der Waals surface area contributed by atoms with Crippen LogP contribution < -0.4 is 11.2 Å². The Bertz CT molecular complexity index is 999. The number of aromatic nitrogens is 4. The number of rotatable bonds is 1. The Morgan fingerprint density at radius 1 is 1.14 bits per heavy atom. The number of fused-ring (bicyclic) bond motifs is 1. The number of aryl methyl sites for hydroxylation is 2. The SMILES string of the molecule is Cn1c(-c2ccc(C#N)cc2)nc2c1c(=O)[nH]c(=O)n2C. The molecule has 0 saturated carbocycles. The highest BCUT2D eigenvalue weighted by Crippen LogP contribution is 2.21. The van der Waals surface area contributed by atoms with Gasteiger partial charge >= 0.3 is 5.69 Å². The topological polar surface area (TPSA) is 96.5 Å². The maximum atomic E-state index is 11.9. The molecule has 2 aromatic heterocycles. The summed E-state index contributed by atoms with van der Waals surface area (Å²) in [6, 6.07) is 8.91. The third-order valence-electron chi connectivity index (χ3n) is 3.41. The molecule has 21 heavy (non-hydrogen) atoms. The van der Waals surface area contributed by atoms with Gasteiger partial charge in [-0.1, -0.05) is 0 Å². The molecule has 7 heteroatoms. The largest absolute Gasteiger partial charge is 0.329 e. The predicted molar refractivity (Wildman–Crippen MR) is 76.7 cm³/mol. The van der Waals surface area contributed by atoms with Crippen LogP contribution in [0.2, 0.25) is 0 Å². The number of nitrogens with zero attached hydrogens (tertiary/aromatic N) is 4. The van der Waals surface area contributed by atoms with Crippen molar-refractivity contribution in [3.63, 3.8) is 0 Å². The Hall–Kier alpha value is -3.14. The van der Waals surface area contributed by atoms with Crippen LogP contribution in [0.1, 0.15) is 5.56 Å². The Morgan fingerprint density at radius 2 is 1.81 bits per heavy atom. The standard InChI is InChI=1S/C14H11N5O2/c1-18-10-12(19(2)14(21)17-13(10)20)16-11(18)9-5-3-8(7-15)4-6-9/h3-6H,1-2H3,(H,17,20,21). The summed E-state index contributed by atoms with van der Waals surface area (Å²) in [5.41, 5.74) is 0.990. The summed E-state index contributed by atoms with van der Waals surface area (Å²) < 4.78 is 2.93. The van der Waals surface area contributed by atoms with E-state index in [1.807, 2.05) is 6.07 Å². The average molecular weight is 281 g/mol. The van der Waals surface area contributed by atoms with Crippen LogP contribution >= 0.6 is 0 Å². The minimum absolute atomic E-state index is 0.325. The molecule has 3 rings (SSSR count). The highest BCUT2D eigenvalue weighted by molar-refractivity contribution is 5.76. The van der Waals surface area contributed by atoms with E-state index in [1.54, 1.807) is 42.9 Å². The molecule has 0 saturated heterocycles. The smallest absolute Gasteiger partial charge is 0.321 e. The second-order valence-electron chi connectivity index (χ2n) is 4.67. The van der Waals surface area contributed by atoms with E-state index >= 15 is 0 Å². The quantitative estimate of drug-likeness (QED) is 0.702. The third-order valence-corrected chi connectivity index (χ3v) is 3.41. The zero-order chi connectivity index (χ0) is 15.1. The van der Waals surface area contributed by atoms with Crippen molar-refractivity contribution < 1.29 is 0 Å². The fourth-order valence-electron chi connectivity index (χ4n) is 2.26. The first kappa shape index (κ1) is 12.9. The molecule has 0 fully saturated rings. The summed E-state index contributed by atoms with van der Waals surface area (Å²) in [5.74, 6) is 0.557. The summed E-state index contributed by atoms with van der Waals surface area (Å²) >= 11 is 0. The Labute approximate surface area is 118 Å². The van der Waals surface area contributed by atoms with E-state index in [4.69, 9.17) is 5.26 Å². The van der Waals surface area contributed by atoms with Crippen molar-refractivity contribution in [3.05, 3.63) is 50.7 Å². The lowest BCUT2D eigenvalue weighted by Gasteiger charge is -2.01.